The number of hydrogen-bond acceptors (Lipinski definition) is 3. The molecule has 150 valence electrons. The highest BCUT2D eigenvalue weighted by atomic mass is 16.5. The second kappa shape index (κ2) is 11.3. The Kier molecular flexibility index (Phi) is 9.03. The summed E-state index contributed by atoms with van der Waals surface area (Å²) in [7, 11) is 1.47. The average Bonchev–Trinajstić information content (AvgIpc) is 2.71. The van der Waals surface area contributed by atoms with Crippen molar-refractivity contribution in [2.75, 3.05) is 7.11 Å². The summed E-state index contributed by atoms with van der Waals surface area (Å²) >= 11 is 0. The lowest BCUT2D eigenvalue weighted by molar-refractivity contribution is -0.146. The number of carbonyl (C=O) groups excluding carboxylic acids is 2. The van der Waals surface area contributed by atoms with Crippen LogP contribution in [0.25, 0.3) is 0 Å². The van der Waals surface area contributed by atoms with E-state index < -0.39 is 0 Å². The molecule has 0 radical (unpaired) electrons. The van der Waals surface area contributed by atoms with Crippen LogP contribution in [0, 0.1) is 11.8 Å². The van der Waals surface area contributed by atoms with E-state index in [0.29, 0.717) is 18.3 Å². The molecule has 0 spiro atoms. The molecule has 3 heteroatoms. The summed E-state index contributed by atoms with van der Waals surface area (Å²) in [6, 6.07) is 8.21. The maximum atomic E-state index is 12.5. The number of rotatable bonds is 10. The third-order valence-corrected chi connectivity index (χ3v) is 6.05. The van der Waals surface area contributed by atoms with Gasteiger partial charge in [-0.15, -0.1) is 0 Å². The molecule has 0 amide bonds. The van der Waals surface area contributed by atoms with Crippen molar-refractivity contribution < 1.29 is 14.3 Å². The third-order valence-electron chi connectivity index (χ3n) is 6.05. The van der Waals surface area contributed by atoms with Gasteiger partial charge in [-0.1, -0.05) is 70.2 Å². The van der Waals surface area contributed by atoms with Crippen LogP contribution in [0.5, 0.6) is 0 Å². The van der Waals surface area contributed by atoms with Crippen LogP contribution < -0.4 is 0 Å². The Morgan fingerprint density at radius 1 is 1.04 bits per heavy atom. The van der Waals surface area contributed by atoms with Crippen molar-refractivity contribution in [3.63, 3.8) is 0 Å². The van der Waals surface area contributed by atoms with E-state index in [4.69, 9.17) is 4.74 Å². The van der Waals surface area contributed by atoms with Crippen LogP contribution in [0.1, 0.15) is 99.9 Å². The van der Waals surface area contributed by atoms with Gasteiger partial charge < -0.3 is 4.74 Å². The molecule has 0 bridgehead atoms. The standard InChI is InChI=1S/C24H36O3/c1-4-5-6-7-8-18(2)17-23(25)21-13-9-19(10-14-21)20-11-15-22(16-12-20)24(26)27-3/h9-10,13-14,18,20,22H,4-8,11-12,15-17H2,1-3H3/t18-,20?,22?/m0/s1. The fourth-order valence-corrected chi connectivity index (χ4v) is 4.23. The van der Waals surface area contributed by atoms with Crippen molar-refractivity contribution in [2.24, 2.45) is 11.8 Å². The van der Waals surface area contributed by atoms with Gasteiger partial charge in [0.15, 0.2) is 5.78 Å². The Morgan fingerprint density at radius 2 is 1.70 bits per heavy atom. The minimum Gasteiger partial charge on any atom is -0.469 e. The monoisotopic (exact) mass is 372 g/mol. The van der Waals surface area contributed by atoms with E-state index in [0.717, 1.165) is 37.7 Å². The van der Waals surface area contributed by atoms with E-state index in [9.17, 15) is 9.59 Å². The fraction of sp³-hybridized carbons (Fsp3) is 0.667. The van der Waals surface area contributed by atoms with E-state index in [1.165, 1.54) is 38.4 Å². The molecular formula is C24H36O3. The lowest BCUT2D eigenvalue weighted by Crippen LogP contribution is -2.22. The highest BCUT2D eigenvalue weighted by molar-refractivity contribution is 5.96. The largest absolute Gasteiger partial charge is 0.469 e. The number of unbranched alkanes of at least 4 members (excludes halogenated alkanes) is 3. The van der Waals surface area contributed by atoms with Crippen molar-refractivity contribution in [3.05, 3.63) is 35.4 Å². The van der Waals surface area contributed by atoms with E-state index in [2.05, 4.69) is 26.0 Å². The first-order valence-electron chi connectivity index (χ1n) is 10.8. The number of Topliss-reactive ketones (excluding diaryl/α,β-unsaturated/α-hetero) is 1. The molecule has 0 unspecified atom stereocenters. The van der Waals surface area contributed by atoms with Gasteiger partial charge in [0, 0.05) is 12.0 Å². The second-order valence-corrected chi connectivity index (χ2v) is 8.28. The second-order valence-electron chi connectivity index (χ2n) is 8.28. The summed E-state index contributed by atoms with van der Waals surface area (Å²) in [6.07, 6.45) is 10.7. The van der Waals surface area contributed by atoms with Gasteiger partial charge in [0.1, 0.15) is 0 Å². The predicted molar refractivity (Wildman–Crippen MR) is 110 cm³/mol. The summed E-state index contributed by atoms with van der Waals surface area (Å²) in [5, 5.41) is 0. The molecule has 0 heterocycles. The van der Waals surface area contributed by atoms with Gasteiger partial charge in [-0.3, -0.25) is 9.59 Å². The van der Waals surface area contributed by atoms with Crippen LogP contribution in [-0.4, -0.2) is 18.9 Å². The van der Waals surface area contributed by atoms with Gasteiger partial charge in [0.25, 0.3) is 0 Å². The molecule has 1 fully saturated rings. The van der Waals surface area contributed by atoms with Crippen LogP contribution in [0.3, 0.4) is 0 Å². The van der Waals surface area contributed by atoms with Gasteiger partial charge in [-0.05, 0) is 43.1 Å². The van der Waals surface area contributed by atoms with Crippen molar-refractivity contribution in [1.82, 2.24) is 0 Å². The number of carbonyl (C=O) groups is 2. The van der Waals surface area contributed by atoms with E-state index >= 15 is 0 Å². The van der Waals surface area contributed by atoms with E-state index in [1.807, 2.05) is 12.1 Å². The highest BCUT2D eigenvalue weighted by Gasteiger charge is 2.27. The maximum absolute atomic E-state index is 12.5. The minimum absolute atomic E-state index is 0.0610. The van der Waals surface area contributed by atoms with Crippen molar-refractivity contribution in [1.29, 1.82) is 0 Å². The molecule has 1 aromatic rings. The van der Waals surface area contributed by atoms with Crippen molar-refractivity contribution >= 4 is 11.8 Å². The molecule has 3 nitrogen and oxygen atoms in total. The van der Waals surface area contributed by atoms with E-state index in [-0.39, 0.29) is 17.7 Å². The molecule has 0 aromatic heterocycles. The smallest absolute Gasteiger partial charge is 0.308 e. The molecule has 0 aliphatic heterocycles. The lowest BCUT2D eigenvalue weighted by Gasteiger charge is -2.27. The van der Waals surface area contributed by atoms with E-state index in [1.54, 1.807) is 0 Å². The summed E-state index contributed by atoms with van der Waals surface area (Å²) in [4.78, 5) is 24.2. The fourth-order valence-electron chi connectivity index (χ4n) is 4.23. The zero-order valence-corrected chi connectivity index (χ0v) is 17.3. The van der Waals surface area contributed by atoms with Gasteiger partial charge >= 0.3 is 5.97 Å². The molecule has 0 saturated heterocycles. The summed E-state index contributed by atoms with van der Waals surface area (Å²) in [5.74, 6) is 1.21. The Labute approximate surface area is 164 Å². The number of esters is 1. The maximum Gasteiger partial charge on any atom is 0.308 e. The van der Waals surface area contributed by atoms with Crippen LogP contribution in [-0.2, 0) is 9.53 Å². The van der Waals surface area contributed by atoms with Crippen LogP contribution >= 0.6 is 0 Å². The Hall–Kier alpha value is -1.64. The van der Waals surface area contributed by atoms with Gasteiger partial charge in [0.05, 0.1) is 13.0 Å². The lowest BCUT2D eigenvalue weighted by atomic mass is 9.78. The molecular weight excluding hydrogens is 336 g/mol. The predicted octanol–water partition coefficient (Wildman–Crippen LogP) is 6.31. The highest BCUT2D eigenvalue weighted by Crippen LogP contribution is 2.36. The van der Waals surface area contributed by atoms with Gasteiger partial charge in [0.2, 0.25) is 0 Å². The molecule has 1 atom stereocenters. The molecule has 1 aliphatic carbocycles. The normalized spacial score (nSPS) is 20.9. The Morgan fingerprint density at radius 3 is 2.30 bits per heavy atom. The zero-order chi connectivity index (χ0) is 19.6. The first-order chi connectivity index (χ1) is 13.0. The Bertz CT molecular complexity index is 582. The van der Waals surface area contributed by atoms with Crippen molar-refractivity contribution in [3.8, 4) is 0 Å². The summed E-state index contributed by atoms with van der Waals surface area (Å²) in [5.41, 5.74) is 2.13. The molecule has 27 heavy (non-hydrogen) atoms. The summed E-state index contributed by atoms with van der Waals surface area (Å²) in [6.45, 7) is 4.42. The molecule has 0 N–H and O–H groups in total. The number of hydrogen-bond donors (Lipinski definition) is 0. The number of benzene rings is 1. The van der Waals surface area contributed by atoms with Gasteiger partial charge in [-0.2, -0.15) is 0 Å². The van der Waals surface area contributed by atoms with Crippen LogP contribution in [0.2, 0.25) is 0 Å². The SMILES string of the molecule is CCCCCC[C@H](C)CC(=O)c1ccc(C2CCC(C(=O)OC)CC2)cc1. The summed E-state index contributed by atoms with van der Waals surface area (Å²) < 4.78 is 4.86. The quantitative estimate of drug-likeness (QED) is 0.274. The van der Waals surface area contributed by atoms with Crippen molar-refractivity contribution in [2.45, 2.75) is 84.0 Å². The Balaban J connectivity index is 1.81. The number of methoxy groups -OCH3 is 1. The van der Waals surface area contributed by atoms with Gasteiger partial charge in [-0.25, -0.2) is 0 Å². The van der Waals surface area contributed by atoms with Crippen LogP contribution in [0.4, 0.5) is 0 Å². The number of ether oxygens (including phenoxy) is 1. The third kappa shape index (κ3) is 6.79. The topological polar surface area (TPSA) is 43.4 Å². The molecule has 2 rings (SSSR count). The minimum atomic E-state index is -0.0711. The first-order valence-corrected chi connectivity index (χ1v) is 10.8. The van der Waals surface area contributed by atoms with Crippen LogP contribution in [0.15, 0.2) is 24.3 Å². The molecule has 1 aliphatic rings. The average molecular weight is 373 g/mol. The zero-order valence-electron chi connectivity index (χ0n) is 17.3. The molecule has 1 saturated carbocycles. The molecule has 1 aromatic carbocycles. The number of ketones is 1. The first kappa shape index (κ1) is 21.7.